The van der Waals surface area contributed by atoms with Crippen LogP contribution in [0.3, 0.4) is 0 Å². The molecule has 2 nitrogen and oxygen atoms in total. The fourth-order valence-electron chi connectivity index (χ4n) is 0.322. The highest BCUT2D eigenvalue weighted by molar-refractivity contribution is 6.09. The van der Waals surface area contributed by atoms with Crippen LogP contribution in [0, 0.1) is 0 Å². The van der Waals surface area contributed by atoms with Gasteiger partial charge in [-0.25, -0.2) is 8.78 Å². The molecule has 0 radical (unpaired) electrons. The zero-order valence-electron chi connectivity index (χ0n) is 5.78. The summed E-state index contributed by atoms with van der Waals surface area (Å²) >= 11 is 0. The molecule has 1 atom stereocenters. The quantitative estimate of drug-likeness (QED) is 0.558. The first-order valence-corrected chi connectivity index (χ1v) is 2.72. The molecule has 58 valence electrons. The number of alkyl halides is 2. The van der Waals surface area contributed by atoms with E-state index in [2.05, 4.69) is 0 Å². The van der Waals surface area contributed by atoms with Crippen molar-refractivity contribution in [3.05, 3.63) is 0 Å². The maximum Gasteiger partial charge on any atom is 0.225 e. The minimum absolute atomic E-state index is 0.761. The van der Waals surface area contributed by atoms with Gasteiger partial charge in [0.2, 0.25) is 11.5 Å². The highest BCUT2D eigenvalue weighted by Gasteiger charge is 2.37. The van der Waals surface area contributed by atoms with Gasteiger partial charge >= 0.3 is 0 Å². The van der Waals surface area contributed by atoms with Crippen molar-refractivity contribution in [3.63, 3.8) is 0 Å². The Balaban J connectivity index is 4.40. The Bertz CT molecular complexity index is 163. The molecule has 0 N–H and O–H groups in total. The smallest absolute Gasteiger partial charge is 0.225 e. The average Bonchev–Trinajstić information content (AvgIpc) is 1.86. The van der Waals surface area contributed by atoms with Crippen LogP contribution >= 0.6 is 0 Å². The standard InChI is InChI=1S/C6H8F2O2/c1-4(9)6(2,8)5(10)3-7/h3H2,1-2H3. The first-order chi connectivity index (χ1) is 4.42. The van der Waals surface area contributed by atoms with E-state index in [9.17, 15) is 18.4 Å². The molecule has 1 unspecified atom stereocenters. The minimum atomic E-state index is -2.64. The summed E-state index contributed by atoms with van der Waals surface area (Å²) in [5.74, 6) is -2.28. The summed E-state index contributed by atoms with van der Waals surface area (Å²) in [4.78, 5) is 20.6. The van der Waals surface area contributed by atoms with Gasteiger partial charge in [0.25, 0.3) is 0 Å². The summed E-state index contributed by atoms with van der Waals surface area (Å²) in [5.41, 5.74) is -2.64. The monoisotopic (exact) mass is 150 g/mol. The van der Waals surface area contributed by atoms with E-state index in [0.717, 1.165) is 13.8 Å². The lowest BCUT2D eigenvalue weighted by molar-refractivity contribution is -0.141. The highest BCUT2D eigenvalue weighted by atomic mass is 19.1. The van der Waals surface area contributed by atoms with Gasteiger partial charge in [-0.15, -0.1) is 0 Å². The predicted molar refractivity (Wildman–Crippen MR) is 31.2 cm³/mol. The van der Waals surface area contributed by atoms with Crippen molar-refractivity contribution < 1.29 is 18.4 Å². The van der Waals surface area contributed by atoms with Crippen molar-refractivity contribution in [2.75, 3.05) is 6.67 Å². The molecule has 0 aromatic carbocycles. The normalized spacial score (nSPS) is 16.0. The second kappa shape index (κ2) is 2.86. The highest BCUT2D eigenvalue weighted by Crippen LogP contribution is 2.12. The van der Waals surface area contributed by atoms with Gasteiger partial charge in [0.1, 0.15) is 0 Å². The molecule has 0 aliphatic carbocycles. The molecule has 0 aromatic rings. The molecule has 0 spiro atoms. The molecule has 0 aliphatic heterocycles. The second-order valence-corrected chi connectivity index (χ2v) is 2.12. The van der Waals surface area contributed by atoms with Crippen LogP contribution in [0.4, 0.5) is 8.78 Å². The van der Waals surface area contributed by atoms with Gasteiger partial charge in [-0.2, -0.15) is 0 Å². The zero-order chi connectivity index (χ0) is 8.36. The predicted octanol–water partition coefficient (Wildman–Crippen LogP) is 0.842. The van der Waals surface area contributed by atoms with Crippen molar-refractivity contribution >= 4 is 11.6 Å². The largest absolute Gasteiger partial charge is 0.296 e. The van der Waals surface area contributed by atoms with E-state index in [-0.39, 0.29) is 0 Å². The van der Waals surface area contributed by atoms with Crippen molar-refractivity contribution in [1.29, 1.82) is 0 Å². The van der Waals surface area contributed by atoms with E-state index in [1.54, 1.807) is 0 Å². The summed E-state index contributed by atoms with van der Waals surface area (Å²) in [6, 6.07) is 0. The number of hydrogen-bond donors (Lipinski definition) is 0. The Labute approximate surface area is 57.2 Å². The third kappa shape index (κ3) is 1.59. The van der Waals surface area contributed by atoms with Crippen LogP contribution in [0.25, 0.3) is 0 Å². The lowest BCUT2D eigenvalue weighted by Crippen LogP contribution is -2.38. The molecule has 0 fully saturated rings. The van der Waals surface area contributed by atoms with E-state index in [4.69, 9.17) is 0 Å². The van der Waals surface area contributed by atoms with Gasteiger partial charge in [0, 0.05) is 0 Å². The van der Waals surface area contributed by atoms with Crippen molar-refractivity contribution in [2.24, 2.45) is 0 Å². The molecule has 0 aliphatic rings. The SMILES string of the molecule is CC(=O)C(C)(F)C(=O)CF. The molecule has 0 saturated carbocycles. The van der Waals surface area contributed by atoms with Gasteiger partial charge in [-0.05, 0) is 13.8 Å². The van der Waals surface area contributed by atoms with Crippen LogP contribution in [0.15, 0.2) is 0 Å². The first kappa shape index (κ1) is 9.20. The topological polar surface area (TPSA) is 34.1 Å². The van der Waals surface area contributed by atoms with Crippen LogP contribution in [0.2, 0.25) is 0 Å². The average molecular weight is 150 g/mol. The molecule has 0 heterocycles. The van der Waals surface area contributed by atoms with Crippen LogP contribution in [-0.2, 0) is 9.59 Å². The summed E-state index contributed by atoms with van der Waals surface area (Å²) in [5, 5.41) is 0. The summed E-state index contributed by atoms with van der Waals surface area (Å²) < 4.78 is 24.2. The number of hydrogen-bond acceptors (Lipinski definition) is 2. The molecular weight excluding hydrogens is 142 g/mol. The van der Waals surface area contributed by atoms with Crippen molar-refractivity contribution in [2.45, 2.75) is 19.5 Å². The van der Waals surface area contributed by atoms with E-state index >= 15 is 0 Å². The number of halogens is 2. The molecule has 4 heteroatoms. The van der Waals surface area contributed by atoms with Crippen LogP contribution in [0.1, 0.15) is 13.8 Å². The number of carbonyl (C=O) groups is 2. The van der Waals surface area contributed by atoms with Gasteiger partial charge < -0.3 is 0 Å². The number of Topliss-reactive ketones (excluding diaryl/α,β-unsaturated/α-hetero) is 2. The Morgan fingerprint density at radius 2 is 1.90 bits per heavy atom. The third-order valence-electron chi connectivity index (χ3n) is 1.31. The van der Waals surface area contributed by atoms with E-state index < -0.39 is 23.9 Å². The Morgan fingerprint density at radius 1 is 1.50 bits per heavy atom. The lowest BCUT2D eigenvalue weighted by atomic mass is 10.00. The summed E-state index contributed by atoms with van der Waals surface area (Å²) in [7, 11) is 0. The van der Waals surface area contributed by atoms with Gasteiger partial charge in [0.05, 0.1) is 0 Å². The molecule has 0 aromatic heterocycles. The van der Waals surface area contributed by atoms with Crippen LogP contribution < -0.4 is 0 Å². The molecule has 0 amide bonds. The molecule has 0 bridgehead atoms. The lowest BCUT2D eigenvalue weighted by Gasteiger charge is -2.11. The second-order valence-electron chi connectivity index (χ2n) is 2.12. The Kier molecular flexibility index (Phi) is 2.63. The van der Waals surface area contributed by atoms with Crippen molar-refractivity contribution in [1.82, 2.24) is 0 Å². The molecule has 10 heavy (non-hydrogen) atoms. The van der Waals surface area contributed by atoms with Crippen LogP contribution in [-0.4, -0.2) is 23.9 Å². The van der Waals surface area contributed by atoms with E-state index in [1.807, 2.05) is 0 Å². The van der Waals surface area contributed by atoms with Crippen LogP contribution in [0.5, 0.6) is 0 Å². The third-order valence-corrected chi connectivity index (χ3v) is 1.31. The van der Waals surface area contributed by atoms with E-state index in [1.165, 1.54) is 0 Å². The maximum absolute atomic E-state index is 12.7. The summed E-state index contributed by atoms with van der Waals surface area (Å²) in [6.45, 7) is 0.234. The molecule has 0 saturated heterocycles. The van der Waals surface area contributed by atoms with Gasteiger partial charge in [-0.1, -0.05) is 0 Å². The minimum Gasteiger partial charge on any atom is -0.296 e. The molecule has 0 rings (SSSR count). The number of ketones is 2. The van der Waals surface area contributed by atoms with Crippen molar-refractivity contribution in [3.8, 4) is 0 Å². The molecular formula is C6H8F2O2. The maximum atomic E-state index is 12.7. The Hall–Kier alpha value is -0.800. The zero-order valence-corrected chi connectivity index (χ0v) is 5.78. The van der Waals surface area contributed by atoms with E-state index in [0.29, 0.717) is 0 Å². The van der Waals surface area contributed by atoms with Gasteiger partial charge in [0.15, 0.2) is 12.5 Å². The first-order valence-electron chi connectivity index (χ1n) is 2.72. The fourth-order valence-corrected chi connectivity index (χ4v) is 0.322. The number of rotatable bonds is 3. The van der Waals surface area contributed by atoms with Gasteiger partial charge in [-0.3, -0.25) is 9.59 Å². The summed E-state index contributed by atoms with van der Waals surface area (Å²) in [6.07, 6.45) is 0. The number of carbonyl (C=O) groups excluding carboxylic acids is 2. The Morgan fingerprint density at radius 3 is 2.00 bits per heavy atom. The fraction of sp³-hybridized carbons (Fsp3) is 0.667.